The summed E-state index contributed by atoms with van der Waals surface area (Å²) in [5.41, 5.74) is -0.782. The summed E-state index contributed by atoms with van der Waals surface area (Å²) >= 11 is 0. The van der Waals surface area contributed by atoms with E-state index in [2.05, 4.69) is 10.6 Å². The number of hydrogen-bond acceptors (Lipinski definition) is 3. The third kappa shape index (κ3) is 3.30. The van der Waals surface area contributed by atoms with Crippen molar-refractivity contribution in [3.8, 4) is 0 Å². The van der Waals surface area contributed by atoms with Crippen LogP contribution in [0.5, 0.6) is 0 Å². The third-order valence-electron chi connectivity index (χ3n) is 3.75. The van der Waals surface area contributed by atoms with Crippen LogP contribution in [0.4, 0.5) is 14.9 Å². The summed E-state index contributed by atoms with van der Waals surface area (Å²) in [4.78, 5) is 23.1. The maximum absolute atomic E-state index is 13.1. The highest BCUT2D eigenvalue weighted by Gasteiger charge is 2.38. The molecule has 2 atom stereocenters. The van der Waals surface area contributed by atoms with Gasteiger partial charge in [0.25, 0.3) is 0 Å². The van der Waals surface area contributed by atoms with Crippen molar-refractivity contribution in [1.82, 2.24) is 5.32 Å². The number of urea groups is 1. The Kier molecular flexibility index (Phi) is 4.13. The molecule has 1 fully saturated rings. The summed E-state index contributed by atoms with van der Waals surface area (Å²) in [6, 6.07) is 2.62. The minimum Gasteiger partial charge on any atom is -0.478 e. The van der Waals surface area contributed by atoms with Crippen LogP contribution < -0.4 is 10.6 Å². The van der Waals surface area contributed by atoms with Crippen LogP contribution in [0.2, 0.25) is 0 Å². The molecule has 6 nitrogen and oxygen atoms in total. The number of aromatic carboxylic acids is 1. The Bertz CT molecular complexity index is 578. The van der Waals surface area contributed by atoms with Crippen molar-refractivity contribution in [2.75, 3.05) is 11.9 Å². The van der Waals surface area contributed by atoms with Crippen molar-refractivity contribution >= 4 is 17.7 Å². The zero-order chi connectivity index (χ0) is 15.6. The summed E-state index contributed by atoms with van der Waals surface area (Å²) in [5.74, 6) is -1.99. The van der Waals surface area contributed by atoms with Crippen molar-refractivity contribution in [3.63, 3.8) is 0 Å². The summed E-state index contributed by atoms with van der Waals surface area (Å²) in [7, 11) is 0. The van der Waals surface area contributed by atoms with E-state index in [-0.39, 0.29) is 17.4 Å². The van der Waals surface area contributed by atoms with Crippen molar-refractivity contribution in [2.24, 2.45) is 0 Å². The first-order valence-electron chi connectivity index (χ1n) is 6.55. The lowest BCUT2D eigenvalue weighted by Crippen LogP contribution is -2.52. The maximum atomic E-state index is 13.1. The topological polar surface area (TPSA) is 87.7 Å². The monoisotopic (exact) mass is 296 g/mol. The first-order valence-corrected chi connectivity index (χ1v) is 6.55. The van der Waals surface area contributed by atoms with E-state index in [1.165, 1.54) is 6.07 Å². The van der Waals surface area contributed by atoms with Gasteiger partial charge in [-0.05, 0) is 38.5 Å². The fourth-order valence-corrected chi connectivity index (χ4v) is 2.21. The van der Waals surface area contributed by atoms with Gasteiger partial charge in [0.1, 0.15) is 5.82 Å². The number of anilines is 1. The number of nitrogens with one attached hydrogen (secondary N) is 2. The first kappa shape index (κ1) is 15.2. The number of benzene rings is 1. The molecule has 114 valence electrons. The molecule has 1 aromatic carbocycles. The van der Waals surface area contributed by atoms with E-state index < -0.39 is 23.4 Å². The quantitative estimate of drug-likeness (QED) is 0.798. The van der Waals surface area contributed by atoms with E-state index in [9.17, 15) is 14.0 Å². The standard InChI is InChI=1S/C14H17FN2O4/c1-8-14(2,5-6-21-8)17-13(20)16-11-4-3-9(15)7-10(11)12(18)19/h3-4,7-8H,5-6H2,1-2H3,(H,18,19)(H2,16,17,20). The molecule has 2 rings (SSSR count). The van der Waals surface area contributed by atoms with Crippen LogP contribution in [0.15, 0.2) is 18.2 Å². The number of hydrogen-bond donors (Lipinski definition) is 3. The first-order chi connectivity index (χ1) is 9.82. The summed E-state index contributed by atoms with van der Waals surface area (Å²) in [6.45, 7) is 4.26. The second kappa shape index (κ2) is 5.69. The van der Waals surface area contributed by atoms with Crippen molar-refractivity contribution in [1.29, 1.82) is 0 Å². The number of carbonyl (C=O) groups is 2. The highest BCUT2D eigenvalue weighted by molar-refractivity contribution is 6.00. The van der Waals surface area contributed by atoms with Gasteiger partial charge in [-0.1, -0.05) is 0 Å². The van der Waals surface area contributed by atoms with E-state index in [1.54, 1.807) is 0 Å². The Balaban J connectivity index is 2.11. The van der Waals surface area contributed by atoms with E-state index >= 15 is 0 Å². The van der Waals surface area contributed by atoms with E-state index in [0.717, 1.165) is 12.1 Å². The molecule has 1 aliphatic heterocycles. The number of ether oxygens (including phenoxy) is 1. The molecule has 0 spiro atoms. The van der Waals surface area contributed by atoms with E-state index in [4.69, 9.17) is 9.84 Å². The molecule has 0 aliphatic carbocycles. The zero-order valence-electron chi connectivity index (χ0n) is 11.8. The predicted octanol–water partition coefficient (Wildman–Crippen LogP) is 2.21. The second-order valence-corrected chi connectivity index (χ2v) is 5.25. The SMILES string of the molecule is CC1OCCC1(C)NC(=O)Nc1ccc(F)cc1C(=O)O. The average Bonchev–Trinajstić information content (AvgIpc) is 2.71. The lowest BCUT2D eigenvalue weighted by atomic mass is 9.95. The molecule has 0 bridgehead atoms. The Morgan fingerprint density at radius 1 is 1.48 bits per heavy atom. The summed E-state index contributed by atoms with van der Waals surface area (Å²) in [5, 5.41) is 14.2. The number of amides is 2. The van der Waals surface area contributed by atoms with Crippen LogP contribution >= 0.6 is 0 Å². The molecule has 7 heteroatoms. The van der Waals surface area contributed by atoms with Gasteiger partial charge in [-0.2, -0.15) is 0 Å². The normalized spacial score (nSPS) is 24.6. The summed E-state index contributed by atoms with van der Waals surface area (Å²) < 4.78 is 18.5. The van der Waals surface area contributed by atoms with Gasteiger partial charge < -0.3 is 20.5 Å². The van der Waals surface area contributed by atoms with Crippen molar-refractivity contribution in [3.05, 3.63) is 29.6 Å². The van der Waals surface area contributed by atoms with Crippen LogP contribution in [0, 0.1) is 5.82 Å². The highest BCUT2D eigenvalue weighted by Crippen LogP contribution is 2.25. The molecule has 1 heterocycles. The smallest absolute Gasteiger partial charge is 0.337 e. The molecule has 2 amide bonds. The Labute approximate surface area is 121 Å². The van der Waals surface area contributed by atoms with E-state index in [1.807, 2.05) is 13.8 Å². The lowest BCUT2D eigenvalue weighted by molar-refractivity contribution is 0.0697. The van der Waals surface area contributed by atoms with Crippen LogP contribution in [-0.2, 0) is 4.74 Å². The number of carbonyl (C=O) groups excluding carboxylic acids is 1. The molecule has 21 heavy (non-hydrogen) atoms. The van der Waals surface area contributed by atoms with Crippen LogP contribution in [0.1, 0.15) is 30.6 Å². The van der Waals surface area contributed by atoms with Crippen molar-refractivity contribution < 1.29 is 23.8 Å². The molecule has 0 aromatic heterocycles. The Morgan fingerprint density at radius 2 is 2.19 bits per heavy atom. The van der Waals surface area contributed by atoms with Gasteiger partial charge in [0.05, 0.1) is 22.9 Å². The second-order valence-electron chi connectivity index (χ2n) is 5.25. The molecule has 0 radical (unpaired) electrons. The van der Waals surface area contributed by atoms with Gasteiger partial charge in [0.15, 0.2) is 0 Å². The van der Waals surface area contributed by atoms with Crippen LogP contribution in [0.25, 0.3) is 0 Å². The predicted molar refractivity (Wildman–Crippen MR) is 73.9 cm³/mol. The number of carboxylic acid groups (broad SMARTS) is 1. The third-order valence-corrected chi connectivity index (χ3v) is 3.75. The van der Waals surface area contributed by atoms with E-state index in [0.29, 0.717) is 13.0 Å². The van der Waals surface area contributed by atoms with Gasteiger partial charge in [-0.3, -0.25) is 0 Å². The lowest BCUT2D eigenvalue weighted by Gasteiger charge is -2.29. The zero-order valence-corrected chi connectivity index (χ0v) is 11.8. The summed E-state index contributed by atoms with van der Waals surface area (Å²) in [6.07, 6.45) is 0.520. The van der Waals surface area contributed by atoms with Gasteiger partial charge in [-0.15, -0.1) is 0 Å². The Morgan fingerprint density at radius 3 is 2.76 bits per heavy atom. The Hall–Kier alpha value is -2.15. The molecular formula is C14H17FN2O4. The van der Waals surface area contributed by atoms with Gasteiger partial charge >= 0.3 is 12.0 Å². The molecule has 1 aromatic rings. The van der Waals surface area contributed by atoms with Gasteiger partial charge in [0.2, 0.25) is 0 Å². The minimum absolute atomic E-state index is 0.0385. The molecule has 1 saturated heterocycles. The molecule has 3 N–H and O–H groups in total. The van der Waals surface area contributed by atoms with Crippen LogP contribution in [-0.4, -0.2) is 35.4 Å². The largest absolute Gasteiger partial charge is 0.478 e. The van der Waals surface area contributed by atoms with Gasteiger partial charge in [-0.25, -0.2) is 14.0 Å². The van der Waals surface area contributed by atoms with Crippen molar-refractivity contribution in [2.45, 2.75) is 31.9 Å². The fourth-order valence-electron chi connectivity index (χ4n) is 2.21. The number of rotatable bonds is 3. The number of halogens is 1. The fraction of sp³-hybridized carbons (Fsp3) is 0.429. The maximum Gasteiger partial charge on any atom is 0.337 e. The minimum atomic E-state index is -1.31. The molecule has 1 aliphatic rings. The molecule has 0 saturated carbocycles. The highest BCUT2D eigenvalue weighted by atomic mass is 19.1. The molecule has 2 unspecified atom stereocenters. The molecular weight excluding hydrogens is 279 g/mol. The average molecular weight is 296 g/mol. The number of carboxylic acids is 1. The van der Waals surface area contributed by atoms with Gasteiger partial charge in [0, 0.05) is 6.61 Å². The van der Waals surface area contributed by atoms with Crippen LogP contribution in [0.3, 0.4) is 0 Å².